The molecule has 0 atom stereocenters. The zero-order chi connectivity index (χ0) is 19.1. The number of halogens is 1. The summed E-state index contributed by atoms with van der Waals surface area (Å²) in [6.07, 6.45) is 0. The molecule has 3 heterocycles. The van der Waals surface area contributed by atoms with Gasteiger partial charge < -0.3 is 9.80 Å². The summed E-state index contributed by atoms with van der Waals surface area (Å²) < 4.78 is 2.81. The molecule has 27 heavy (non-hydrogen) atoms. The van der Waals surface area contributed by atoms with E-state index in [4.69, 9.17) is 16.6 Å². The number of carbonyl (C=O) groups is 1. The third-order valence-corrected chi connectivity index (χ3v) is 6.52. The average Bonchev–Trinajstić information content (AvgIpc) is 3.29. The zero-order valence-corrected chi connectivity index (χ0v) is 17.3. The minimum absolute atomic E-state index is 0.0558. The molecule has 8 heteroatoms. The predicted octanol–water partition coefficient (Wildman–Crippen LogP) is 3.75. The van der Waals surface area contributed by atoms with E-state index in [2.05, 4.69) is 16.9 Å². The van der Waals surface area contributed by atoms with Crippen LogP contribution in [0.4, 0.5) is 5.13 Å². The Morgan fingerprint density at radius 2 is 1.96 bits per heavy atom. The first kappa shape index (κ1) is 18.3. The van der Waals surface area contributed by atoms with E-state index < -0.39 is 0 Å². The highest BCUT2D eigenvalue weighted by atomic mass is 35.5. The van der Waals surface area contributed by atoms with Crippen LogP contribution in [-0.4, -0.2) is 51.8 Å². The van der Waals surface area contributed by atoms with Crippen LogP contribution in [-0.2, 0) is 6.54 Å². The molecule has 1 amide bonds. The van der Waals surface area contributed by atoms with Gasteiger partial charge in [0, 0.05) is 32.7 Å². The molecule has 1 fully saturated rings. The molecule has 0 N–H and O–H groups in total. The van der Waals surface area contributed by atoms with Crippen molar-refractivity contribution >= 4 is 44.2 Å². The van der Waals surface area contributed by atoms with Crippen molar-refractivity contribution in [2.24, 2.45) is 0 Å². The van der Waals surface area contributed by atoms with Gasteiger partial charge in [0.15, 0.2) is 5.13 Å². The van der Waals surface area contributed by atoms with Gasteiger partial charge in [-0.3, -0.25) is 9.48 Å². The third-order valence-electron chi connectivity index (χ3n) is 4.94. The summed E-state index contributed by atoms with van der Waals surface area (Å²) in [6.45, 7) is 9.55. The fourth-order valence-corrected chi connectivity index (χ4v) is 4.82. The lowest BCUT2D eigenvalue weighted by molar-refractivity contribution is 0.0734. The van der Waals surface area contributed by atoms with Crippen molar-refractivity contribution in [2.45, 2.75) is 27.3 Å². The van der Waals surface area contributed by atoms with Crippen LogP contribution in [0.5, 0.6) is 0 Å². The van der Waals surface area contributed by atoms with Crippen molar-refractivity contribution in [3.63, 3.8) is 0 Å². The normalized spacial score (nSPS) is 15.0. The van der Waals surface area contributed by atoms with Crippen molar-refractivity contribution in [1.82, 2.24) is 19.7 Å². The van der Waals surface area contributed by atoms with Gasteiger partial charge in [0.05, 0.1) is 20.9 Å². The second-order valence-corrected chi connectivity index (χ2v) is 8.19. The Balaban J connectivity index is 1.50. The quantitative estimate of drug-likeness (QED) is 0.668. The van der Waals surface area contributed by atoms with Crippen LogP contribution in [0.2, 0.25) is 5.02 Å². The minimum Gasteiger partial charge on any atom is -0.345 e. The first-order valence-corrected chi connectivity index (χ1v) is 10.3. The molecule has 0 aliphatic carbocycles. The van der Waals surface area contributed by atoms with Gasteiger partial charge in [0.25, 0.3) is 5.91 Å². The molecular weight excluding hydrogens is 382 g/mol. The molecule has 3 aromatic rings. The summed E-state index contributed by atoms with van der Waals surface area (Å²) in [5, 5.41) is 6.11. The maximum absolute atomic E-state index is 12.9. The number of aromatic nitrogens is 3. The smallest absolute Gasteiger partial charge is 0.272 e. The molecule has 4 rings (SSSR count). The number of benzene rings is 1. The van der Waals surface area contributed by atoms with Gasteiger partial charge in [-0.1, -0.05) is 29.0 Å². The van der Waals surface area contributed by atoms with Crippen LogP contribution in [0.15, 0.2) is 18.2 Å². The molecule has 2 aromatic heterocycles. The number of carbonyl (C=O) groups excluding carboxylic acids is 1. The number of thiazole rings is 1. The van der Waals surface area contributed by atoms with Crippen LogP contribution in [0, 0.1) is 13.8 Å². The number of piperazine rings is 1. The van der Waals surface area contributed by atoms with Crippen molar-refractivity contribution in [2.75, 3.05) is 31.1 Å². The highest BCUT2D eigenvalue weighted by Crippen LogP contribution is 2.35. The van der Waals surface area contributed by atoms with Crippen molar-refractivity contribution < 1.29 is 4.79 Å². The van der Waals surface area contributed by atoms with E-state index in [1.807, 2.05) is 36.9 Å². The molecule has 142 valence electrons. The summed E-state index contributed by atoms with van der Waals surface area (Å²) in [7, 11) is 0. The topological polar surface area (TPSA) is 54.3 Å². The summed E-state index contributed by atoms with van der Waals surface area (Å²) >= 11 is 7.96. The second kappa shape index (κ2) is 7.13. The molecule has 1 aliphatic heterocycles. The molecular formula is C19H22ClN5OS. The Morgan fingerprint density at radius 1 is 1.22 bits per heavy atom. The highest BCUT2D eigenvalue weighted by Gasteiger charge is 2.26. The number of amides is 1. The lowest BCUT2D eigenvalue weighted by Crippen LogP contribution is -2.49. The first-order chi connectivity index (χ1) is 13.0. The van der Waals surface area contributed by atoms with E-state index in [0.717, 1.165) is 44.7 Å². The molecule has 1 aromatic carbocycles. The van der Waals surface area contributed by atoms with E-state index in [1.54, 1.807) is 16.0 Å². The number of hydrogen-bond acceptors (Lipinski definition) is 5. The minimum atomic E-state index is 0.0558. The molecule has 0 unspecified atom stereocenters. The number of aryl methyl sites for hydroxylation is 3. The summed E-state index contributed by atoms with van der Waals surface area (Å²) in [5.41, 5.74) is 3.66. The summed E-state index contributed by atoms with van der Waals surface area (Å²) in [5.74, 6) is 0.0558. The maximum Gasteiger partial charge on any atom is 0.272 e. The van der Waals surface area contributed by atoms with Gasteiger partial charge in [0.1, 0.15) is 5.69 Å². The molecule has 0 saturated carbocycles. The molecule has 0 radical (unpaired) electrons. The second-order valence-electron chi connectivity index (χ2n) is 6.80. The van der Waals surface area contributed by atoms with Gasteiger partial charge in [-0.05, 0) is 38.5 Å². The summed E-state index contributed by atoms with van der Waals surface area (Å²) in [4.78, 5) is 21.8. The maximum atomic E-state index is 12.9. The van der Waals surface area contributed by atoms with E-state index in [9.17, 15) is 4.79 Å². The Kier molecular flexibility index (Phi) is 4.82. The van der Waals surface area contributed by atoms with Gasteiger partial charge >= 0.3 is 0 Å². The standard InChI is InChI=1S/C19H22ClN5OS/c1-4-25-15(11-13(3)22-25)18(26)23-7-9-24(10-8-23)19-21-16-12(2)5-6-14(20)17(16)27-19/h5-6,11H,4,7-10H2,1-3H3. The van der Waals surface area contributed by atoms with Crippen LogP contribution in [0.1, 0.15) is 28.7 Å². The van der Waals surface area contributed by atoms with Gasteiger partial charge in [0.2, 0.25) is 0 Å². The summed E-state index contributed by atoms with van der Waals surface area (Å²) in [6, 6.07) is 5.80. The van der Waals surface area contributed by atoms with Gasteiger partial charge in [-0.25, -0.2) is 4.98 Å². The van der Waals surface area contributed by atoms with Crippen LogP contribution in [0.25, 0.3) is 10.2 Å². The Morgan fingerprint density at radius 3 is 2.63 bits per heavy atom. The van der Waals surface area contributed by atoms with Crippen molar-refractivity contribution in [1.29, 1.82) is 0 Å². The fourth-order valence-electron chi connectivity index (χ4n) is 3.45. The van der Waals surface area contributed by atoms with Gasteiger partial charge in [-0.15, -0.1) is 0 Å². The van der Waals surface area contributed by atoms with E-state index in [0.29, 0.717) is 25.3 Å². The van der Waals surface area contributed by atoms with E-state index in [1.165, 1.54) is 0 Å². The highest BCUT2D eigenvalue weighted by molar-refractivity contribution is 7.22. The Bertz CT molecular complexity index is 964. The van der Waals surface area contributed by atoms with Crippen LogP contribution in [0.3, 0.4) is 0 Å². The molecule has 1 aliphatic rings. The van der Waals surface area contributed by atoms with E-state index in [-0.39, 0.29) is 5.91 Å². The number of anilines is 1. The predicted molar refractivity (Wildman–Crippen MR) is 110 cm³/mol. The van der Waals surface area contributed by atoms with Crippen LogP contribution >= 0.6 is 22.9 Å². The van der Waals surface area contributed by atoms with Crippen molar-refractivity contribution in [3.05, 3.63) is 40.2 Å². The molecule has 0 spiro atoms. The number of fused-ring (bicyclic) bond motifs is 1. The van der Waals surface area contributed by atoms with Crippen molar-refractivity contribution in [3.8, 4) is 0 Å². The Labute approximate surface area is 167 Å². The lowest BCUT2D eigenvalue weighted by Gasteiger charge is -2.34. The molecule has 1 saturated heterocycles. The largest absolute Gasteiger partial charge is 0.345 e. The van der Waals surface area contributed by atoms with Crippen LogP contribution < -0.4 is 4.90 Å². The lowest BCUT2D eigenvalue weighted by atomic mass is 10.2. The number of nitrogens with zero attached hydrogens (tertiary/aromatic N) is 5. The monoisotopic (exact) mass is 403 g/mol. The zero-order valence-electron chi connectivity index (χ0n) is 15.7. The molecule has 6 nitrogen and oxygen atoms in total. The fraction of sp³-hybridized carbons (Fsp3) is 0.421. The number of hydrogen-bond donors (Lipinski definition) is 0. The van der Waals surface area contributed by atoms with E-state index >= 15 is 0 Å². The Hall–Kier alpha value is -2.12. The van der Waals surface area contributed by atoms with Gasteiger partial charge in [-0.2, -0.15) is 5.10 Å². The number of rotatable bonds is 3. The SMILES string of the molecule is CCn1nc(C)cc1C(=O)N1CCN(c2nc3c(C)ccc(Cl)c3s2)CC1. The third kappa shape index (κ3) is 3.30. The first-order valence-electron chi connectivity index (χ1n) is 9.12. The average molecular weight is 404 g/mol. The molecule has 0 bridgehead atoms.